The highest BCUT2D eigenvalue weighted by Gasteiger charge is 2.20. The SMILES string of the molecule is Cc1ccc(S(=O)(=O)Cc2cc(Cl)ccc2F)c(N)c1. The van der Waals surface area contributed by atoms with Gasteiger partial charge in [0.2, 0.25) is 0 Å². The normalized spacial score (nSPS) is 11.6. The Morgan fingerprint density at radius 1 is 1.20 bits per heavy atom. The van der Waals surface area contributed by atoms with Crippen molar-refractivity contribution in [3.8, 4) is 0 Å². The molecule has 0 saturated heterocycles. The molecule has 0 fully saturated rings. The molecule has 106 valence electrons. The molecule has 0 bridgehead atoms. The van der Waals surface area contributed by atoms with Gasteiger partial charge in [-0.3, -0.25) is 0 Å². The number of rotatable bonds is 3. The van der Waals surface area contributed by atoms with Crippen LogP contribution in [0.3, 0.4) is 0 Å². The lowest BCUT2D eigenvalue weighted by Gasteiger charge is -2.09. The van der Waals surface area contributed by atoms with Crippen molar-refractivity contribution in [1.82, 2.24) is 0 Å². The van der Waals surface area contributed by atoms with Crippen molar-refractivity contribution in [1.29, 1.82) is 0 Å². The van der Waals surface area contributed by atoms with Crippen molar-refractivity contribution < 1.29 is 12.8 Å². The molecule has 0 saturated carbocycles. The fourth-order valence-corrected chi connectivity index (χ4v) is 3.56. The highest BCUT2D eigenvalue weighted by molar-refractivity contribution is 7.90. The Bertz CT molecular complexity index is 760. The first-order valence-electron chi connectivity index (χ1n) is 5.82. The first-order chi connectivity index (χ1) is 9.29. The van der Waals surface area contributed by atoms with Gasteiger partial charge in [0, 0.05) is 10.6 Å². The lowest BCUT2D eigenvalue weighted by atomic mass is 10.2. The summed E-state index contributed by atoms with van der Waals surface area (Å²) in [5, 5.41) is 0.286. The summed E-state index contributed by atoms with van der Waals surface area (Å²) in [6.45, 7) is 1.81. The molecule has 0 aliphatic heterocycles. The predicted molar refractivity (Wildman–Crippen MR) is 77.9 cm³/mol. The third kappa shape index (κ3) is 3.11. The molecule has 3 nitrogen and oxygen atoms in total. The molecule has 0 heterocycles. The Balaban J connectivity index is 2.43. The van der Waals surface area contributed by atoms with Crippen LogP contribution < -0.4 is 5.73 Å². The number of anilines is 1. The number of hydrogen-bond donors (Lipinski definition) is 1. The quantitative estimate of drug-likeness (QED) is 0.884. The zero-order valence-electron chi connectivity index (χ0n) is 10.7. The van der Waals surface area contributed by atoms with E-state index in [9.17, 15) is 12.8 Å². The zero-order chi connectivity index (χ0) is 14.9. The van der Waals surface area contributed by atoms with Crippen molar-refractivity contribution in [3.05, 3.63) is 58.4 Å². The molecule has 0 aromatic heterocycles. The van der Waals surface area contributed by atoms with Gasteiger partial charge in [0.25, 0.3) is 0 Å². The molecule has 6 heteroatoms. The largest absolute Gasteiger partial charge is 0.398 e. The molecular weight excluding hydrogens is 301 g/mol. The van der Waals surface area contributed by atoms with Crippen LogP contribution in [0.4, 0.5) is 10.1 Å². The summed E-state index contributed by atoms with van der Waals surface area (Å²) in [5.41, 5.74) is 6.77. The van der Waals surface area contributed by atoms with Crippen molar-refractivity contribution in [2.75, 3.05) is 5.73 Å². The minimum Gasteiger partial charge on any atom is -0.398 e. The van der Waals surface area contributed by atoms with E-state index in [1.165, 1.54) is 18.2 Å². The Labute approximate surface area is 122 Å². The van der Waals surface area contributed by atoms with E-state index in [2.05, 4.69) is 0 Å². The van der Waals surface area contributed by atoms with Crippen LogP contribution in [0, 0.1) is 12.7 Å². The summed E-state index contributed by atoms with van der Waals surface area (Å²) in [7, 11) is -3.72. The van der Waals surface area contributed by atoms with E-state index in [1.807, 2.05) is 6.92 Å². The van der Waals surface area contributed by atoms with Gasteiger partial charge in [-0.2, -0.15) is 0 Å². The van der Waals surface area contributed by atoms with Gasteiger partial charge < -0.3 is 5.73 Å². The number of halogens is 2. The summed E-state index contributed by atoms with van der Waals surface area (Å²) < 4.78 is 38.2. The van der Waals surface area contributed by atoms with Crippen molar-refractivity contribution in [2.24, 2.45) is 0 Å². The summed E-state index contributed by atoms with van der Waals surface area (Å²) in [5.74, 6) is -1.09. The molecule has 0 amide bonds. The molecular formula is C14H13ClFNO2S. The number of sulfone groups is 1. The molecule has 2 N–H and O–H groups in total. The number of hydrogen-bond acceptors (Lipinski definition) is 3. The molecule has 20 heavy (non-hydrogen) atoms. The molecule has 2 rings (SSSR count). The van der Waals surface area contributed by atoms with E-state index in [0.29, 0.717) is 0 Å². The monoisotopic (exact) mass is 313 g/mol. The van der Waals surface area contributed by atoms with Gasteiger partial charge in [0.05, 0.1) is 16.3 Å². The minimum atomic E-state index is -3.72. The number of benzene rings is 2. The second kappa shape index (κ2) is 5.42. The van der Waals surface area contributed by atoms with Gasteiger partial charge in [-0.15, -0.1) is 0 Å². The van der Waals surface area contributed by atoms with E-state index >= 15 is 0 Å². The first kappa shape index (κ1) is 14.8. The lowest BCUT2D eigenvalue weighted by molar-refractivity contribution is 0.587. The maximum Gasteiger partial charge on any atom is 0.184 e. The van der Waals surface area contributed by atoms with E-state index in [4.69, 9.17) is 17.3 Å². The van der Waals surface area contributed by atoms with E-state index < -0.39 is 21.4 Å². The standard InChI is InChI=1S/C14H13ClFNO2S/c1-9-2-5-14(13(17)6-9)20(18,19)8-10-7-11(15)3-4-12(10)16/h2-7H,8,17H2,1H3. The van der Waals surface area contributed by atoms with Gasteiger partial charge in [-0.05, 0) is 42.8 Å². The number of nitrogens with two attached hydrogens (primary N) is 1. The summed E-state index contributed by atoms with van der Waals surface area (Å²) in [4.78, 5) is 0.00229. The molecule has 0 atom stereocenters. The second-order valence-corrected chi connectivity index (χ2v) is 6.93. The topological polar surface area (TPSA) is 60.2 Å². The fraction of sp³-hybridized carbons (Fsp3) is 0.143. The predicted octanol–water partition coefficient (Wildman–Crippen LogP) is 3.34. The van der Waals surface area contributed by atoms with Gasteiger partial charge in [0.15, 0.2) is 9.84 Å². The maximum absolute atomic E-state index is 13.6. The Morgan fingerprint density at radius 2 is 1.90 bits per heavy atom. The molecule has 2 aromatic carbocycles. The van der Waals surface area contributed by atoms with Gasteiger partial charge in [0.1, 0.15) is 5.82 Å². The first-order valence-corrected chi connectivity index (χ1v) is 7.85. The third-order valence-corrected chi connectivity index (χ3v) is 4.82. The van der Waals surface area contributed by atoms with Crippen LogP contribution in [0.2, 0.25) is 5.02 Å². The summed E-state index contributed by atoms with van der Waals surface area (Å²) in [6.07, 6.45) is 0. The Hall–Kier alpha value is -1.59. The van der Waals surface area contributed by atoms with Crippen LogP contribution in [0.5, 0.6) is 0 Å². The second-order valence-electron chi connectivity index (χ2n) is 4.54. The smallest absolute Gasteiger partial charge is 0.184 e. The average molecular weight is 314 g/mol. The maximum atomic E-state index is 13.6. The molecule has 0 spiro atoms. The molecule has 0 aliphatic carbocycles. The third-order valence-electron chi connectivity index (χ3n) is 2.85. The zero-order valence-corrected chi connectivity index (χ0v) is 12.3. The Kier molecular flexibility index (Phi) is 4.01. The van der Waals surface area contributed by atoms with Crippen LogP contribution in [0.25, 0.3) is 0 Å². The van der Waals surface area contributed by atoms with Crippen LogP contribution in [0.1, 0.15) is 11.1 Å². The number of aryl methyl sites for hydroxylation is 1. The van der Waals surface area contributed by atoms with Gasteiger partial charge in [-0.1, -0.05) is 17.7 Å². The highest BCUT2D eigenvalue weighted by atomic mass is 35.5. The van der Waals surface area contributed by atoms with E-state index in [1.54, 1.807) is 12.1 Å². The van der Waals surface area contributed by atoms with Gasteiger partial charge in [-0.25, -0.2) is 12.8 Å². The van der Waals surface area contributed by atoms with Crippen molar-refractivity contribution in [3.63, 3.8) is 0 Å². The lowest BCUT2D eigenvalue weighted by Crippen LogP contribution is -2.09. The van der Waals surface area contributed by atoms with Crippen LogP contribution in [-0.4, -0.2) is 8.42 Å². The fourth-order valence-electron chi connectivity index (χ4n) is 1.89. The molecule has 0 aliphatic rings. The van der Waals surface area contributed by atoms with Crippen LogP contribution in [0.15, 0.2) is 41.3 Å². The molecule has 0 unspecified atom stereocenters. The highest BCUT2D eigenvalue weighted by Crippen LogP contribution is 2.25. The van der Waals surface area contributed by atoms with E-state index in [0.717, 1.165) is 11.6 Å². The van der Waals surface area contributed by atoms with E-state index in [-0.39, 0.29) is 21.2 Å². The number of nitrogen functional groups attached to an aromatic ring is 1. The van der Waals surface area contributed by atoms with Crippen molar-refractivity contribution >= 4 is 27.1 Å². The summed E-state index contributed by atoms with van der Waals surface area (Å²) >= 11 is 5.76. The minimum absolute atomic E-state index is 0.00229. The Morgan fingerprint density at radius 3 is 2.55 bits per heavy atom. The molecule has 2 aromatic rings. The van der Waals surface area contributed by atoms with Crippen LogP contribution >= 0.6 is 11.6 Å². The summed E-state index contributed by atoms with van der Waals surface area (Å²) in [6, 6.07) is 8.47. The molecule has 0 radical (unpaired) electrons. The van der Waals surface area contributed by atoms with Crippen LogP contribution in [-0.2, 0) is 15.6 Å². The average Bonchev–Trinajstić information content (AvgIpc) is 2.33. The van der Waals surface area contributed by atoms with Crippen molar-refractivity contribution in [2.45, 2.75) is 17.6 Å². The van der Waals surface area contributed by atoms with Gasteiger partial charge >= 0.3 is 0 Å².